The molecule has 0 atom stereocenters. The summed E-state index contributed by atoms with van der Waals surface area (Å²) in [4.78, 5) is 10.8. The van der Waals surface area contributed by atoms with Gasteiger partial charge >= 0.3 is 0 Å². The number of halogens is 1. The van der Waals surface area contributed by atoms with Gasteiger partial charge in [0.05, 0.1) is 12.2 Å². The monoisotopic (exact) mass is 424 g/mol. The van der Waals surface area contributed by atoms with Crippen LogP contribution < -0.4 is 10.1 Å². The summed E-state index contributed by atoms with van der Waals surface area (Å²) in [5.74, 6) is 1.82. The van der Waals surface area contributed by atoms with E-state index < -0.39 is 0 Å². The van der Waals surface area contributed by atoms with Crippen molar-refractivity contribution in [1.82, 2.24) is 15.2 Å². The van der Waals surface area contributed by atoms with Gasteiger partial charge in [0, 0.05) is 26.3 Å². The van der Waals surface area contributed by atoms with Gasteiger partial charge in [-0.2, -0.15) is 0 Å². The van der Waals surface area contributed by atoms with Gasteiger partial charge in [-0.05, 0) is 29.8 Å². The van der Waals surface area contributed by atoms with Crippen molar-refractivity contribution in [2.45, 2.75) is 13.2 Å². The number of ether oxygens (including phenoxy) is 1. The van der Waals surface area contributed by atoms with Gasteiger partial charge in [-0.1, -0.05) is 18.2 Å². The van der Waals surface area contributed by atoms with Crippen LogP contribution in [0.3, 0.4) is 0 Å². The number of likely N-dealkylation sites (N-methyl/N-ethyl adjacent to an activating group) is 1. The lowest BCUT2D eigenvalue weighted by atomic mass is 10.2. The molecule has 5 nitrogen and oxygen atoms in total. The smallest absolute Gasteiger partial charge is 0.194 e. The standard InChI is InChI=1S/C17H20N4O.HI/c1-21-11-10-19-17(21)20-12-14-5-7-16(8-6-14)22-13-15-4-2-3-9-18-15;/h2-9H,10-13H2,1H3,(H,19,20);1H. The summed E-state index contributed by atoms with van der Waals surface area (Å²) < 4.78 is 5.73. The van der Waals surface area contributed by atoms with Crippen LogP contribution in [0.25, 0.3) is 0 Å². The average Bonchev–Trinajstić information content (AvgIpc) is 2.98. The highest BCUT2D eigenvalue weighted by Gasteiger charge is 2.11. The first kappa shape index (κ1) is 17.5. The Bertz CT molecular complexity index is 631. The Labute approximate surface area is 153 Å². The minimum absolute atomic E-state index is 0. The Hall–Kier alpha value is -1.83. The van der Waals surface area contributed by atoms with Crippen LogP contribution in [0.1, 0.15) is 11.3 Å². The molecule has 0 saturated carbocycles. The topological polar surface area (TPSA) is 49.8 Å². The number of rotatable bonds is 5. The second-order valence-corrected chi connectivity index (χ2v) is 5.23. The molecule has 0 bridgehead atoms. The van der Waals surface area contributed by atoms with E-state index in [2.05, 4.69) is 32.3 Å². The van der Waals surface area contributed by atoms with E-state index in [4.69, 9.17) is 4.74 Å². The zero-order chi connectivity index (χ0) is 15.2. The van der Waals surface area contributed by atoms with E-state index in [0.29, 0.717) is 6.61 Å². The number of hydrogen-bond acceptors (Lipinski definition) is 5. The molecule has 2 heterocycles. The van der Waals surface area contributed by atoms with Crippen LogP contribution in [0, 0.1) is 0 Å². The third-order valence-electron chi connectivity index (χ3n) is 3.55. The molecule has 122 valence electrons. The van der Waals surface area contributed by atoms with Crippen molar-refractivity contribution >= 4 is 29.9 Å². The highest BCUT2D eigenvalue weighted by molar-refractivity contribution is 14.0. The molecule has 0 saturated heterocycles. The fraction of sp³-hybridized carbons (Fsp3) is 0.294. The summed E-state index contributed by atoms with van der Waals surface area (Å²) >= 11 is 0. The highest BCUT2D eigenvalue weighted by atomic mass is 127. The number of pyridine rings is 1. The first-order valence-electron chi connectivity index (χ1n) is 7.42. The van der Waals surface area contributed by atoms with Crippen molar-refractivity contribution in [3.8, 4) is 5.75 Å². The molecule has 6 heteroatoms. The Balaban J connectivity index is 0.00000192. The van der Waals surface area contributed by atoms with Crippen molar-refractivity contribution in [1.29, 1.82) is 0 Å². The van der Waals surface area contributed by atoms with Crippen molar-refractivity contribution < 1.29 is 4.74 Å². The number of guanidine groups is 1. The van der Waals surface area contributed by atoms with Crippen LogP contribution in [-0.4, -0.2) is 36.0 Å². The zero-order valence-electron chi connectivity index (χ0n) is 13.1. The third kappa shape index (κ3) is 5.09. The maximum atomic E-state index is 5.73. The summed E-state index contributed by atoms with van der Waals surface area (Å²) in [5, 5.41) is 3.35. The van der Waals surface area contributed by atoms with Crippen LogP contribution in [0.2, 0.25) is 0 Å². The SMILES string of the molecule is CN1CCN=C1NCc1ccc(OCc2ccccn2)cc1.I. The summed E-state index contributed by atoms with van der Waals surface area (Å²) in [6, 6.07) is 13.9. The Morgan fingerprint density at radius 1 is 1.17 bits per heavy atom. The van der Waals surface area contributed by atoms with Gasteiger partial charge in [-0.15, -0.1) is 24.0 Å². The van der Waals surface area contributed by atoms with Crippen LogP contribution in [-0.2, 0) is 13.2 Å². The molecule has 1 aromatic heterocycles. The summed E-state index contributed by atoms with van der Waals surface area (Å²) in [6.07, 6.45) is 1.77. The number of hydrogen-bond donors (Lipinski definition) is 1. The first-order valence-corrected chi connectivity index (χ1v) is 7.42. The Morgan fingerprint density at radius 3 is 2.65 bits per heavy atom. The largest absolute Gasteiger partial charge is 0.487 e. The maximum absolute atomic E-state index is 5.73. The second-order valence-electron chi connectivity index (χ2n) is 5.23. The van der Waals surface area contributed by atoms with E-state index in [1.165, 1.54) is 5.56 Å². The molecule has 23 heavy (non-hydrogen) atoms. The van der Waals surface area contributed by atoms with E-state index in [0.717, 1.165) is 37.0 Å². The lowest BCUT2D eigenvalue weighted by molar-refractivity contribution is 0.301. The second kappa shape index (κ2) is 8.71. The predicted octanol–water partition coefficient (Wildman–Crippen LogP) is 2.67. The van der Waals surface area contributed by atoms with E-state index in [-0.39, 0.29) is 24.0 Å². The van der Waals surface area contributed by atoms with Gasteiger partial charge < -0.3 is 15.0 Å². The van der Waals surface area contributed by atoms with E-state index in [9.17, 15) is 0 Å². The van der Waals surface area contributed by atoms with Crippen molar-refractivity contribution in [3.63, 3.8) is 0 Å². The predicted molar refractivity (Wildman–Crippen MR) is 102 cm³/mol. The lowest BCUT2D eigenvalue weighted by Gasteiger charge is -2.15. The molecule has 1 N–H and O–H groups in total. The molecule has 0 amide bonds. The molecule has 0 aliphatic carbocycles. The number of nitrogens with one attached hydrogen (secondary N) is 1. The van der Waals surface area contributed by atoms with Gasteiger partial charge in [0.2, 0.25) is 0 Å². The quantitative estimate of drug-likeness (QED) is 0.751. The fourth-order valence-electron chi connectivity index (χ4n) is 2.25. The summed E-state index contributed by atoms with van der Waals surface area (Å²) in [7, 11) is 2.05. The van der Waals surface area contributed by atoms with Gasteiger partial charge in [-0.3, -0.25) is 9.98 Å². The molecule has 0 radical (unpaired) electrons. The molecule has 0 fully saturated rings. The molecule has 2 aromatic rings. The van der Waals surface area contributed by atoms with Crippen LogP contribution in [0.15, 0.2) is 53.7 Å². The van der Waals surface area contributed by atoms with Gasteiger partial charge in [0.25, 0.3) is 0 Å². The number of benzene rings is 1. The first-order chi connectivity index (χ1) is 10.8. The van der Waals surface area contributed by atoms with Crippen molar-refractivity contribution in [3.05, 3.63) is 59.9 Å². The maximum Gasteiger partial charge on any atom is 0.194 e. The van der Waals surface area contributed by atoms with E-state index in [1.54, 1.807) is 6.20 Å². The zero-order valence-corrected chi connectivity index (χ0v) is 15.4. The number of aliphatic imine (C=N–C) groups is 1. The molecule has 1 aromatic carbocycles. The van der Waals surface area contributed by atoms with Crippen LogP contribution in [0.5, 0.6) is 5.75 Å². The molecule has 0 spiro atoms. The lowest BCUT2D eigenvalue weighted by Crippen LogP contribution is -2.35. The highest BCUT2D eigenvalue weighted by Crippen LogP contribution is 2.13. The Morgan fingerprint density at radius 2 is 2.00 bits per heavy atom. The molecule has 1 aliphatic heterocycles. The molecular weight excluding hydrogens is 403 g/mol. The third-order valence-corrected chi connectivity index (χ3v) is 3.55. The Kier molecular flexibility index (Phi) is 6.64. The number of nitrogens with zero attached hydrogens (tertiary/aromatic N) is 3. The molecular formula is C17H21IN4O. The summed E-state index contributed by atoms with van der Waals surface area (Å²) in [5.41, 5.74) is 2.13. The van der Waals surface area contributed by atoms with E-state index >= 15 is 0 Å². The van der Waals surface area contributed by atoms with Crippen molar-refractivity contribution in [2.75, 3.05) is 20.1 Å². The van der Waals surface area contributed by atoms with E-state index in [1.807, 2.05) is 37.4 Å². The normalized spacial score (nSPS) is 13.3. The van der Waals surface area contributed by atoms with Crippen LogP contribution >= 0.6 is 24.0 Å². The van der Waals surface area contributed by atoms with Crippen molar-refractivity contribution in [2.24, 2.45) is 4.99 Å². The van der Waals surface area contributed by atoms with Gasteiger partial charge in [0.1, 0.15) is 12.4 Å². The number of aromatic nitrogens is 1. The molecule has 3 rings (SSSR count). The van der Waals surface area contributed by atoms with Gasteiger partial charge in [0.15, 0.2) is 5.96 Å². The van der Waals surface area contributed by atoms with Gasteiger partial charge in [-0.25, -0.2) is 0 Å². The molecule has 1 aliphatic rings. The summed E-state index contributed by atoms with van der Waals surface area (Å²) in [6.45, 7) is 3.12. The average molecular weight is 424 g/mol. The minimum atomic E-state index is 0. The fourth-order valence-corrected chi connectivity index (χ4v) is 2.25. The molecule has 0 unspecified atom stereocenters. The van der Waals surface area contributed by atoms with Crippen LogP contribution in [0.4, 0.5) is 0 Å². The minimum Gasteiger partial charge on any atom is -0.487 e.